The van der Waals surface area contributed by atoms with Crippen LogP contribution in [-0.2, 0) is 9.53 Å². The highest BCUT2D eigenvalue weighted by Gasteiger charge is 2.34. The second-order valence-electron chi connectivity index (χ2n) is 4.22. The summed E-state index contributed by atoms with van der Waals surface area (Å²) in [5, 5.41) is -0.268. The molecule has 0 radical (unpaired) electrons. The fourth-order valence-electron chi connectivity index (χ4n) is 1.80. The van der Waals surface area contributed by atoms with Gasteiger partial charge in [0.1, 0.15) is 5.75 Å². The highest BCUT2D eigenvalue weighted by molar-refractivity contribution is 9.10. The lowest BCUT2D eigenvalue weighted by atomic mass is 10.2. The molecule has 1 heterocycles. The third kappa shape index (κ3) is 3.66. The van der Waals surface area contributed by atoms with E-state index in [9.17, 15) is 9.59 Å². The number of nitrogens with zero attached hydrogens (tertiary/aromatic N) is 1. The smallest absolute Gasteiger partial charge is 0.293 e. The number of carbonyl (C=O) groups excluding carboxylic acids is 2. The van der Waals surface area contributed by atoms with Crippen molar-refractivity contribution in [3.8, 4) is 5.75 Å². The fourth-order valence-corrected chi connectivity index (χ4v) is 3.22. The fraction of sp³-hybridized carbons (Fsp3) is 0.286. The van der Waals surface area contributed by atoms with Gasteiger partial charge in [-0.15, -0.1) is 0 Å². The number of ether oxygens (including phenoxy) is 2. The predicted molar refractivity (Wildman–Crippen MR) is 85.2 cm³/mol. The Morgan fingerprint density at radius 3 is 2.71 bits per heavy atom. The van der Waals surface area contributed by atoms with Crippen molar-refractivity contribution in [1.82, 2.24) is 4.90 Å². The Morgan fingerprint density at radius 1 is 1.33 bits per heavy atom. The second kappa shape index (κ2) is 7.11. The van der Waals surface area contributed by atoms with E-state index in [-0.39, 0.29) is 17.7 Å². The van der Waals surface area contributed by atoms with Crippen molar-refractivity contribution >= 4 is 44.9 Å². The van der Waals surface area contributed by atoms with E-state index in [2.05, 4.69) is 15.9 Å². The minimum atomic E-state index is -0.283. The summed E-state index contributed by atoms with van der Waals surface area (Å²) in [6.07, 6.45) is 1.70. The molecule has 7 heteroatoms. The summed E-state index contributed by atoms with van der Waals surface area (Å²) in [5.74, 6) is 0.425. The maximum Gasteiger partial charge on any atom is 0.293 e. The number of hydrogen-bond acceptors (Lipinski definition) is 5. The number of imide groups is 1. The summed E-state index contributed by atoms with van der Waals surface area (Å²) < 4.78 is 10.8. The maximum absolute atomic E-state index is 12.2. The molecule has 1 aromatic carbocycles. The van der Waals surface area contributed by atoms with Gasteiger partial charge in [-0.3, -0.25) is 14.5 Å². The maximum atomic E-state index is 12.2. The number of rotatable bonds is 5. The molecule has 2 amide bonds. The third-order valence-corrected chi connectivity index (χ3v) is 4.39. The van der Waals surface area contributed by atoms with Gasteiger partial charge in [0.2, 0.25) is 0 Å². The number of thioether (sulfide) groups is 1. The number of halogens is 1. The first-order valence-electron chi connectivity index (χ1n) is 6.14. The minimum Gasteiger partial charge on any atom is -0.496 e. The molecule has 0 unspecified atom stereocenters. The van der Waals surface area contributed by atoms with Crippen molar-refractivity contribution in [2.75, 3.05) is 27.4 Å². The standard InChI is InChI=1S/C14H14BrNO4S/c1-19-6-5-16-13(17)12(21-14(16)18)8-9-3-4-11(20-2)10(15)7-9/h3-4,7-8H,5-6H2,1-2H3/b12-8+. The molecule has 1 aliphatic rings. The molecule has 0 atom stereocenters. The first kappa shape index (κ1) is 16.1. The van der Waals surface area contributed by atoms with E-state index in [1.165, 1.54) is 12.0 Å². The average Bonchev–Trinajstić information content (AvgIpc) is 2.72. The van der Waals surface area contributed by atoms with Crippen LogP contribution in [0.4, 0.5) is 4.79 Å². The molecular formula is C14H14BrNO4S. The molecule has 1 fully saturated rings. The molecule has 1 saturated heterocycles. The van der Waals surface area contributed by atoms with E-state index < -0.39 is 0 Å². The van der Waals surface area contributed by atoms with Crippen molar-refractivity contribution < 1.29 is 19.1 Å². The highest BCUT2D eigenvalue weighted by atomic mass is 79.9. The first-order valence-corrected chi connectivity index (χ1v) is 7.75. The van der Waals surface area contributed by atoms with Gasteiger partial charge in [-0.05, 0) is 51.5 Å². The summed E-state index contributed by atoms with van der Waals surface area (Å²) in [6, 6.07) is 5.46. The Hall–Kier alpha value is -1.31. The highest BCUT2D eigenvalue weighted by Crippen LogP contribution is 2.33. The predicted octanol–water partition coefficient (Wildman–Crippen LogP) is 3.14. The topological polar surface area (TPSA) is 55.8 Å². The van der Waals surface area contributed by atoms with Crippen molar-refractivity contribution in [2.24, 2.45) is 0 Å². The van der Waals surface area contributed by atoms with Gasteiger partial charge < -0.3 is 9.47 Å². The lowest BCUT2D eigenvalue weighted by Crippen LogP contribution is -2.31. The number of carbonyl (C=O) groups is 2. The van der Waals surface area contributed by atoms with Gasteiger partial charge in [-0.25, -0.2) is 0 Å². The van der Waals surface area contributed by atoms with E-state index >= 15 is 0 Å². The molecule has 21 heavy (non-hydrogen) atoms. The summed E-state index contributed by atoms with van der Waals surface area (Å²) >= 11 is 4.33. The zero-order valence-electron chi connectivity index (χ0n) is 11.6. The Bertz CT molecular complexity index is 603. The van der Waals surface area contributed by atoms with E-state index in [1.807, 2.05) is 12.1 Å². The zero-order chi connectivity index (χ0) is 15.4. The molecule has 0 spiro atoms. The molecule has 5 nitrogen and oxygen atoms in total. The first-order chi connectivity index (χ1) is 10.1. The van der Waals surface area contributed by atoms with Gasteiger partial charge in [0.05, 0.1) is 29.6 Å². The molecule has 112 valence electrons. The van der Waals surface area contributed by atoms with Crippen molar-refractivity contribution in [2.45, 2.75) is 0 Å². The van der Waals surface area contributed by atoms with Crippen molar-refractivity contribution in [1.29, 1.82) is 0 Å². The van der Waals surface area contributed by atoms with Crippen LogP contribution in [0, 0.1) is 0 Å². The average molecular weight is 372 g/mol. The van der Waals surface area contributed by atoms with Crippen LogP contribution in [0.15, 0.2) is 27.6 Å². The molecule has 0 saturated carbocycles. The van der Waals surface area contributed by atoms with Gasteiger partial charge >= 0.3 is 0 Å². The van der Waals surface area contributed by atoms with Crippen LogP contribution >= 0.6 is 27.7 Å². The lowest BCUT2D eigenvalue weighted by Gasteiger charge is -2.10. The summed E-state index contributed by atoms with van der Waals surface area (Å²) in [6.45, 7) is 0.601. The van der Waals surface area contributed by atoms with Crippen LogP contribution in [0.5, 0.6) is 5.75 Å². The van der Waals surface area contributed by atoms with Crippen LogP contribution in [0.3, 0.4) is 0 Å². The monoisotopic (exact) mass is 371 g/mol. The number of hydrogen-bond donors (Lipinski definition) is 0. The largest absolute Gasteiger partial charge is 0.496 e. The molecule has 2 rings (SSSR count). The normalized spacial score (nSPS) is 16.9. The Labute approximate surface area is 135 Å². The minimum absolute atomic E-state index is 0.268. The van der Waals surface area contributed by atoms with E-state index in [4.69, 9.17) is 9.47 Å². The Kier molecular flexibility index (Phi) is 5.44. The van der Waals surface area contributed by atoms with Crippen LogP contribution in [0.25, 0.3) is 6.08 Å². The Balaban J connectivity index is 2.20. The zero-order valence-corrected chi connectivity index (χ0v) is 14.0. The van der Waals surface area contributed by atoms with Crippen LogP contribution in [-0.4, -0.2) is 43.4 Å². The summed E-state index contributed by atoms with van der Waals surface area (Å²) in [7, 11) is 3.12. The number of methoxy groups -OCH3 is 2. The molecular weight excluding hydrogens is 358 g/mol. The quantitative estimate of drug-likeness (QED) is 0.744. The van der Waals surface area contributed by atoms with E-state index in [0.717, 1.165) is 21.8 Å². The van der Waals surface area contributed by atoms with E-state index in [1.54, 1.807) is 19.3 Å². The van der Waals surface area contributed by atoms with Gasteiger partial charge in [0, 0.05) is 7.11 Å². The molecule has 0 aromatic heterocycles. The van der Waals surface area contributed by atoms with Gasteiger partial charge in [-0.2, -0.15) is 0 Å². The van der Waals surface area contributed by atoms with Gasteiger partial charge in [0.25, 0.3) is 11.1 Å². The van der Waals surface area contributed by atoms with Gasteiger partial charge in [-0.1, -0.05) is 6.07 Å². The Morgan fingerprint density at radius 2 is 2.10 bits per heavy atom. The van der Waals surface area contributed by atoms with Crippen LogP contribution in [0.2, 0.25) is 0 Å². The molecule has 0 N–H and O–H groups in total. The van der Waals surface area contributed by atoms with Crippen molar-refractivity contribution in [3.05, 3.63) is 33.1 Å². The van der Waals surface area contributed by atoms with Gasteiger partial charge in [0.15, 0.2) is 0 Å². The van der Waals surface area contributed by atoms with E-state index in [0.29, 0.717) is 17.3 Å². The van der Waals surface area contributed by atoms with Crippen LogP contribution in [0.1, 0.15) is 5.56 Å². The number of amides is 2. The third-order valence-electron chi connectivity index (χ3n) is 2.87. The lowest BCUT2D eigenvalue weighted by molar-refractivity contribution is -0.123. The SMILES string of the molecule is COCCN1C(=O)S/C(=C/c2ccc(OC)c(Br)c2)C1=O. The summed E-state index contributed by atoms with van der Waals surface area (Å²) in [4.78, 5) is 25.6. The molecule has 1 aromatic rings. The summed E-state index contributed by atoms with van der Waals surface area (Å²) in [5.41, 5.74) is 0.819. The molecule has 1 aliphatic heterocycles. The molecule has 0 aliphatic carbocycles. The second-order valence-corrected chi connectivity index (χ2v) is 6.07. The van der Waals surface area contributed by atoms with Crippen LogP contribution < -0.4 is 4.74 Å². The van der Waals surface area contributed by atoms with Crippen molar-refractivity contribution in [3.63, 3.8) is 0 Å². The number of benzene rings is 1. The molecule has 0 bridgehead atoms.